The summed E-state index contributed by atoms with van der Waals surface area (Å²) >= 11 is 7.11. The van der Waals surface area contributed by atoms with Crippen molar-refractivity contribution in [1.29, 1.82) is 0 Å². The maximum atomic E-state index is 12.6. The van der Waals surface area contributed by atoms with Gasteiger partial charge < -0.3 is 13.9 Å². The first kappa shape index (κ1) is 16.1. The Kier molecular flexibility index (Phi) is 3.97. The lowest BCUT2D eigenvalue weighted by Gasteiger charge is -2.14. The summed E-state index contributed by atoms with van der Waals surface area (Å²) in [6.45, 7) is 2.00. The lowest BCUT2D eigenvalue weighted by molar-refractivity contribution is -0.123. The molecule has 1 aromatic heterocycles. The number of imide groups is 1. The Morgan fingerprint density at radius 2 is 2.00 bits per heavy atom. The quantitative estimate of drug-likeness (QED) is 0.746. The Morgan fingerprint density at radius 3 is 2.72 bits per heavy atom. The molecule has 8 heteroatoms. The maximum absolute atomic E-state index is 12.6. The van der Waals surface area contributed by atoms with E-state index in [2.05, 4.69) is 0 Å². The SMILES string of the molecule is Cc1ccc(C=C2SC(=O)N(Cc3cc4c(cc3Cl)OCO4)C2=O)o1. The van der Waals surface area contributed by atoms with Gasteiger partial charge in [0, 0.05) is 17.2 Å². The van der Waals surface area contributed by atoms with Gasteiger partial charge in [-0.3, -0.25) is 14.5 Å². The molecule has 2 aromatic rings. The van der Waals surface area contributed by atoms with Crippen LogP contribution in [0.3, 0.4) is 0 Å². The molecule has 0 radical (unpaired) electrons. The summed E-state index contributed by atoms with van der Waals surface area (Å²) in [7, 11) is 0. The van der Waals surface area contributed by atoms with Crippen LogP contribution in [0.2, 0.25) is 5.02 Å². The smallest absolute Gasteiger partial charge is 0.293 e. The van der Waals surface area contributed by atoms with E-state index in [1.165, 1.54) is 0 Å². The molecule has 128 valence electrons. The number of halogens is 1. The topological polar surface area (TPSA) is 69.0 Å². The third-order valence-corrected chi connectivity index (χ3v) is 5.04. The zero-order valence-electron chi connectivity index (χ0n) is 13.1. The predicted molar refractivity (Wildman–Crippen MR) is 92.5 cm³/mol. The minimum atomic E-state index is -0.377. The summed E-state index contributed by atoms with van der Waals surface area (Å²) < 4.78 is 16.0. The van der Waals surface area contributed by atoms with Crippen LogP contribution >= 0.6 is 23.4 Å². The molecule has 0 unspecified atom stereocenters. The Labute approximate surface area is 152 Å². The molecule has 0 bridgehead atoms. The van der Waals surface area contributed by atoms with Crippen molar-refractivity contribution < 1.29 is 23.5 Å². The lowest BCUT2D eigenvalue weighted by atomic mass is 10.2. The summed E-state index contributed by atoms with van der Waals surface area (Å²) in [5.74, 6) is 1.99. The van der Waals surface area contributed by atoms with Gasteiger partial charge in [-0.05, 0) is 42.4 Å². The van der Waals surface area contributed by atoms with Crippen LogP contribution in [0.25, 0.3) is 6.08 Å². The monoisotopic (exact) mass is 377 g/mol. The number of furan rings is 1. The van der Waals surface area contributed by atoms with Crippen LogP contribution in [0, 0.1) is 6.92 Å². The zero-order valence-corrected chi connectivity index (χ0v) is 14.6. The third kappa shape index (κ3) is 3.01. The van der Waals surface area contributed by atoms with Crippen LogP contribution in [-0.4, -0.2) is 22.8 Å². The van der Waals surface area contributed by atoms with Crippen molar-refractivity contribution in [3.8, 4) is 11.5 Å². The van der Waals surface area contributed by atoms with Crippen molar-refractivity contribution in [1.82, 2.24) is 4.90 Å². The first-order chi connectivity index (χ1) is 12.0. The fourth-order valence-corrected chi connectivity index (χ4v) is 3.58. The van der Waals surface area contributed by atoms with Gasteiger partial charge in [0.25, 0.3) is 11.1 Å². The molecule has 2 aliphatic rings. The second-order valence-electron chi connectivity index (χ2n) is 5.51. The number of ether oxygens (including phenoxy) is 2. The van der Waals surface area contributed by atoms with Crippen molar-refractivity contribution in [3.05, 3.63) is 51.3 Å². The van der Waals surface area contributed by atoms with Gasteiger partial charge in [0.1, 0.15) is 11.5 Å². The second kappa shape index (κ2) is 6.16. The number of amides is 2. The van der Waals surface area contributed by atoms with Gasteiger partial charge in [0.15, 0.2) is 11.5 Å². The molecule has 2 aliphatic heterocycles. The van der Waals surface area contributed by atoms with E-state index >= 15 is 0 Å². The summed E-state index contributed by atoms with van der Waals surface area (Å²) in [6, 6.07) is 6.85. The lowest BCUT2D eigenvalue weighted by Crippen LogP contribution is -2.27. The van der Waals surface area contributed by atoms with E-state index in [0.717, 1.165) is 22.4 Å². The van der Waals surface area contributed by atoms with Crippen molar-refractivity contribution in [2.45, 2.75) is 13.5 Å². The average molecular weight is 378 g/mol. The molecule has 0 saturated carbocycles. The first-order valence-corrected chi connectivity index (χ1v) is 8.60. The number of benzene rings is 1. The average Bonchev–Trinajstić information content (AvgIpc) is 3.24. The van der Waals surface area contributed by atoms with Gasteiger partial charge >= 0.3 is 0 Å². The number of hydrogen-bond donors (Lipinski definition) is 0. The fourth-order valence-electron chi connectivity index (χ4n) is 2.55. The van der Waals surface area contributed by atoms with Gasteiger partial charge in [-0.15, -0.1) is 0 Å². The Morgan fingerprint density at radius 1 is 1.24 bits per heavy atom. The zero-order chi connectivity index (χ0) is 17.6. The second-order valence-corrected chi connectivity index (χ2v) is 6.91. The van der Waals surface area contributed by atoms with E-state index < -0.39 is 0 Å². The maximum Gasteiger partial charge on any atom is 0.293 e. The highest BCUT2D eigenvalue weighted by molar-refractivity contribution is 8.18. The highest BCUT2D eigenvalue weighted by atomic mass is 35.5. The van der Waals surface area contributed by atoms with Crippen LogP contribution in [0.15, 0.2) is 33.6 Å². The largest absolute Gasteiger partial charge is 0.462 e. The van der Waals surface area contributed by atoms with Crippen LogP contribution in [0.4, 0.5) is 4.79 Å². The van der Waals surface area contributed by atoms with E-state index in [0.29, 0.717) is 32.8 Å². The molecule has 1 aromatic carbocycles. The van der Waals surface area contributed by atoms with Gasteiger partial charge in [0.05, 0.1) is 11.4 Å². The number of carbonyl (C=O) groups is 2. The molecule has 6 nitrogen and oxygen atoms in total. The molecule has 4 rings (SSSR count). The van der Waals surface area contributed by atoms with Gasteiger partial charge in [0.2, 0.25) is 6.79 Å². The number of thioether (sulfide) groups is 1. The van der Waals surface area contributed by atoms with Gasteiger partial charge in [-0.25, -0.2) is 0 Å². The van der Waals surface area contributed by atoms with E-state index in [4.69, 9.17) is 25.5 Å². The van der Waals surface area contributed by atoms with E-state index in [1.54, 1.807) is 30.3 Å². The number of aryl methyl sites for hydroxylation is 1. The standard InChI is InChI=1S/C17H12ClNO5S/c1-9-2-3-11(24-9)5-15-16(20)19(17(21)25-15)7-10-4-13-14(6-12(10)18)23-8-22-13/h2-6H,7-8H2,1H3. The third-order valence-electron chi connectivity index (χ3n) is 3.78. The van der Waals surface area contributed by atoms with Crippen molar-refractivity contribution >= 4 is 40.6 Å². The van der Waals surface area contributed by atoms with Crippen molar-refractivity contribution in [2.75, 3.05) is 6.79 Å². The highest BCUT2D eigenvalue weighted by Crippen LogP contribution is 2.39. The number of fused-ring (bicyclic) bond motifs is 1. The number of hydrogen-bond acceptors (Lipinski definition) is 6. The molecule has 2 amide bonds. The van der Waals surface area contributed by atoms with E-state index in [1.807, 2.05) is 6.92 Å². The van der Waals surface area contributed by atoms with Gasteiger partial charge in [-0.1, -0.05) is 11.6 Å². The molecule has 0 aliphatic carbocycles. The van der Waals surface area contributed by atoms with Crippen LogP contribution in [0.5, 0.6) is 11.5 Å². The van der Waals surface area contributed by atoms with Crippen LogP contribution < -0.4 is 9.47 Å². The molecule has 0 N–H and O–H groups in total. The van der Waals surface area contributed by atoms with Gasteiger partial charge in [-0.2, -0.15) is 0 Å². The summed E-state index contributed by atoms with van der Waals surface area (Å²) in [5.41, 5.74) is 0.614. The number of nitrogens with zero attached hydrogens (tertiary/aromatic N) is 1. The summed E-state index contributed by atoms with van der Waals surface area (Å²) in [5, 5.41) is 0.0576. The molecule has 0 spiro atoms. The molecule has 25 heavy (non-hydrogen) atoms. The predicted octanol–water partition coefficient (Wildman–Crippen LogP) is 4.21. The highest BCUT2D eigenvalue weighted by Gasteiger charge is 2.36. The van der Waals surface area contributed by atoms with Crippen LogP contribution in [-0.2, 0) is 11.3 Å². The number of carbonyl (C=O) groups excluding carboxylic acids is 2. The normalized spacial score (nSPS) is 17.8. The minimum absolute atomic E-state index is 0.0641. The van der Waals surface area contributed by atoms with E-state index in [-0.39, 0.29) is 24.5 Å². The number of rotatable bonds is 3. The first-order valence-electron chi connectivity index (χ1n) is 7.41. The minimum Gasteiger partial charge on any atom is -0.462 e. The summed E-state index contributed by atoms with van der Waals surface area (Å²) in [6.07, 6.45) is 1.57. The molecular formula is C17H12ClNO5S. The molecule has 1 saturated heterocycles. The van der Waals surface area contributed by atoms with Crippen molar-refractivity contribution in [3.63, 3.8) is 0 Å². The van der Waals surface area contributed by atoms with E-state index in [9.17, 15) is 9.59 Å². The fraction of sp³-hybridized carbons (Fsp3) is 0.176. The molecule has 3 heterocycles. The van der Waals surface area contributed by atoms with Crippen molar-refractivity contribution in [2.24, 2.45) is 0 Å². The molecular weight excluding hydrogens is 366 g/mol. The Hall–Kier alpha value is -2.38. The molecule has 1 fully saturated rings. The molecule has 0 atom stereocenters. The summed E-state index contributed by atoms with van der Waals surface area (Å²) in [4.78, 5) is 26.3. The Bertz CT molecular complexity index is 920. The van der Waals surface area contributed by atoms with Crippen LogP contribution in [0.1, 0.15) is 17.1 Å². The Balaban J connectivity index is 1.58.